The van der Waals surface area contributed by atoms with Crippen molar-refractivity contribution in [3.63, 3.8) is 0 Å². The third-order valence-electron chi connectivity index (χ3n) is 23.0. The van der Waals surface area contributed by atoms with Crippen LogP contribution >= 0.6 is 0 Å². The van der Waals surface area contributed by atoms with Crippen molar-refractivity contribution in [1.82, 2.24) is 22.8 Å². The van der Waals surface area contributed by atoms with Gasteiger partial charge in [0.05, 0.1) is 100 Å². The summed E-state index contributed by atoms with van der Waals surface area (Å²) in [5, 5.41) is 60.3. The van der Waals surface area contributed by atoms with Gasteiger partial charge in [-0.25, -0.2) is 0 Å². The number of hydrogen-bond donors (Lipinski definition) is 0. The first-order valence-corrected chi connectivity index (χ1v) is 37.4. The number of para-hydroxylation sites is 5. The smallest absolute Gasteiger partial charge is 0.103 e. The fourth-order valence-electron chi connectivity index (χ4n) is 18.3. The number of hydrogen-bond acceptors (Lipinski definition) is 5. The van der Waals surface area contributed by atoms with E-state index in [0.717, 1.165) is 181 Å². The van der Waals surface area contributed by atoms with Gasteiger partial charge in [-0.2, -0.15) is 21.0 Å². The second-order valence-corrected chi connectivity index (χ2v) is 28.7. The van der Waals surface area contributed by atoms with E-state index in [9.17, 15) is 21.0 Å². The van der Waals surface area contributed by atoms with E-state index in [4.69, 9.17) is 0 Å². The van der Waals surface area contributed by atoms with Crippen LogP contribution in [0.5, 0.6) is 0 Å². The standard InChI is InChI=1S/C102H58N10/c103-59-68-45-52-96(109-91-53-46-73(107(71-25-6-2-7-26-71)72-27-8-3-9-28-72)57-83(91)98-75-29-12-10-23-64(75)41-50-94(98)109)102(85(68)62-106)112-88-37-19-16-33-80(88)97-77(34-20-38-93(97)112)67-44-49-89-82(56-67)78-31-14-17-35-86(78)108(89)74-47-54-92-84(58-74)99-76-30-13-11-24-65(76)42-51-95(99)111(92)101-70(61-105)40-39-69(60-104)100(101)110-87-36-18-15-32-79(87)81-55-66(43-48-90(81)110)63-21-4-1-5-22-63/h1-58H. The molecular formula is C102H58N10. The number of benzene rings is 17. The number of aromatic nitrogens is 5. The van der Waals surface area contributed by atoms with Crippen molar-refractivity contribution in [2.75, 3.05) is 4.90 Å². The van der Waals surface area contributed by atoms with E-state index in [0.29, 0.717) is 28.2 Å². The van der Waals surface area contributed by atoms with Gasteiger partial charge < -0.3 is 27.7 Å². The van der Waals surface area contributed by atoms with E-state index in [1.54, 1.807) is 18.2 Å². The summed E-state index contributed by atoms with van der Waals surface area (Å²) >= 11 is 0. The minimum atomic E-state index is 0.271. The summed E-state index contributed by atoms with van der Waals surface area (Å²) in [6.45, 7) is 0. The Kier molecular flexibility index (Phi) is 14.0. The van der Waals surface area contributed by atoms with Crippen molar-refractivity contribution in [3.05, 3.63) is 374 Å². The molecule has 5 heterocycles. The van der Waals surface area contributed by atoms with Crippen molar-refractivity contribution < 1.29 is 0 Å². The second-order valence-electron chi connectivity index (χ2n) is 28.7. The zero-order chi connectivity index (χ0) is 74.4. The molecular weight excluding hydrogens is 1370 g/mol. The summed E-state index contributed by atoms with van der Waals surface area (Å²) in [4.78, 5) is 2.29. The maximum atomic E-state index is 11.7. The van der Waals surface area contributed by atoms with E-state index in [2.05, 4.69) is 355 Å². The summed E-state index contributed by atoms with van der Waals surface area (Å²) in [6, 6.07) is 133. The van der Waals surface area contributed by atoms with Crippen LogP contribution < -0.4 is 4.90 Å². The fraction of sp³-hybridized carbons (Fsp3) is 0. The molecule has 0 spiro atoms. The quantitative estimate of drug-likeness (QED) is 0.135. The van der Waals surface area contributed by atoms with Crippen LogP contribution in [0.15, 0.2) is 352 Å². The van der Waals surface area contributed by atoms with Crippen LogP contribution in [0.25, 0.3) is 181 Å². The summed E-state index contributed by atoms with van der Waals surface area (Å²) in [6.07, 6.45) is 0. The zero-order valence-corrected chi connectivity index (χ0v) is 60.0. The molecule has 0 radical (unpaired) electrons. The second kappa shape index (κ2) is 24.8. The molecule has 0 saturated heterocycles. The Balaban J connectivity index is 0.735. The SMILES string of the molecule is N#Cc1ccc(-n2c3ccc(N(c4ccccc4)c4ccccc4)cc3c3c4ccccc4ccc32)c(-n2c3ccccc3c3c(-c4ccc5c(c4)c4ccccc4n5-c4ccc5c(c4)c4c6ccccc6ccc4n5-c4c(C#N)ccc(C#N)c4-n4c5ccccc5c5cc(-c6ccccc6)ccc54)cccc32)c1C#N. The molecule has 22 aromatic rings. The Hall–Kier alpha value is -16.0. The van der Waals surface area contributed by atoms with Gasteiger partial charge in [0, 0.05) is 76.6 Å². The van der Waals surface area contributed by atoms with E-state index in [-0.39, 0.29) is 11.1 Å². The fourth-order valence-corrected chi connectivity index (χ4v) is 18.3. The molecule has 516 valence electrons. The number of nitrogens with zero attached hydrogens (tertiary/aromatic N) is 10. The third kappa shape index (κ3) is 9.22. The monoisotopic (exact) mass is 1420 g/mol. The maximum absolute atomic E-state index is 11.7. The molecule has 0 aliphatic heterocycles. The van der Waals surface area contributed by atoms with Gasteiger partial charge in [0.15, 0.2) is 0 Å². The van der Waals surface area contributed by atoms with Crippen LogP contribution in [0, 0.1) is 45.3 Å². The van der Waals surface area contributed by atoms with Crippen molar-refractivity contribution in [3.8, 4) is 75.0 Å². The van der Waals surface area contributed by atoms with Gasteiger partial charge in [0.25, 0.3) is 0 Å². The highest BCUT2D eigenvalue weighted by molar-refractivity contribution is 6.25. The molecule has 0 aliphatic carbocycles. The molecule has 0 bridgehead atoms. The third-order valence-corrected chi connectivity index (χ3v) is 23.0. The average Bonchev–Trinajstić information content (AvgIpc) is 1.56. The largest absolute Gasteiger partial charge is 0.310 e. The molecule has 0 N–H and O–H groups in total. The van der Waals surface area contributed by atoms with E-state index in [1.165, 1.54) is 0 Å². The molecule has 22 rings (SSSR count). The van der Waals surface area contributed by atoms with Gasteiger partial charge in [-0.15, -0.1) is 0 Å². The topological polar surface area (TPSA) is 123 Å². The highest BCUT2D eigenvalue weighted by Gasteiger charge is 2.30. The summed E-state index contributed by atoms with van der Waals surface area (Å²) in [7, 11) is 0. The molecule has 0 atom stereocenters. The van der Waals surface area contributed by atoms with Gasteiger partial charge in [0.2, 0.25) is 0 Å². The number of nitriles is 4. The molecule has 0 fully saturated rings. The lowest BCUT2D eigenvalue weighted by atomic mass is 9.98. The van der Waals surface area contributed by atoms with Crippen molar-refractivity contribution in [2.24, 2.45) is 0 Å². The molecule has 0 saturated carbocycles. The Labute approximate surface area is 641 Å². The van der Waals surface area contributed by atoms with Crippen molar-refractivity contribution in [1.29, 1.82) is 21.0 Å². The normalized spacial score (nSPS) is 11.7. The molecule has 0 aliphatic rings. The molecule has 17 aromatic carbocycles. The Morgan fingerprint density at radius 2 is 0.652 bits per heavy atom. The minimum Gasteiger partial charge on any atom is -0.310 e. The van der Waals surface area contributed by atoms with Crippen LogP contribution in [0.2, 0.25) is 0 Å². The van der Waals surface area contributed by atoms with E-state index in [1.807, 2.05) is 30.3 Å². The summed E-state index contributed by atoms with van der Waals surface area (Å²) in [5.74, 6) is 0. The Morgan fingerprint density at radius 3 is 1.28 bits per heavy atom. The first-order chi connectivity index (χ1) is 55.4. The van der Waals surface area contributed by atoms with Gasteiger partial charge in [-0.1, -0.05) is 206 Å². The predicted molar refractivity (Wildman–Crippen MR) is 458 cm³/mol. The van der Waals surface area contributed by atoms with Gasteiger partial charge in [-0.05, 0) is 189 Å². The summed E-state index contributed by atoms with van der Waals surface area (Å²) < 4.78 is 11.3. The molecule has 0 unspecified atom stereocenters. The lowest BCUT2D eigenvalue weighted by molar-refractivity contribution is 1.08. The number of rotatable bonds is 10. The predicted octanol–water partition coefficient (Wildman–Crippen LogP) is 25.8. The maximum Gasteiger partial charge on any atom is 0.103 e. The van der Waals surface area contributed by atoms with Crippen molar-refractivity contribution in [2.45, 2.75) is 0 Å². The van der Waals surface area contributed by atoms with E-state index < -0.39 is 0 Å². The van der Waals surface area contributed by atoms with Crippen LogP contribution in [0.4, 0.5) is 17.1 Å². The zero-order valence-electron chi connectivity index (χ0n) is 60.0. The van der Waals surface area contributed by atoms with Gasteiger partial charge >= 0.3 is 0 Å². The lowest BCUT2D eigenvalue weighted by Crippen LogP contribution is -2.10. The lowest BCUT2D eigenvalue weighted by Gasteiger charge is -2.25. The molecule has 5 aromatic heterocycles. The molecule has 112 heavy (non-hydrogen) atoms. The highest BCUT2D eigenvalue weighted by Crippen LogP contribution is 2.49. The van der Waals surface area contributed by atoms with Crippen LogP contribution in [0.1, 0.15) is 22.3 Å². The summed E-state index contributed by atoms with van der Waals surface area (Å²) in [5.41, 5.74) is 21.5. The molecule has 0 amide bonds. The number of fused-ring (bicyclic) bond motifs is 19. The Morgan fingerprint density at radius 1 is 0.223 bits per heavy atom. The van der Waals surface area contributed by atoms with E-state index >= 15 is 0 Å². The first-order valence-electron chi connectivity index (χ1n) is 37.4. The van der Waals surface area contributed by atoms with Gasteiger partial charge in [-0.3, -0.25) is 0 Å². The molecule has 10 heteroatoms. The highest BCUT2D eigenvalue weighted by atomic mass is 15.1. The van der Waals surface area contributed by atoms with Crippen molar-refractivity contribution >= 4 is 148 Å². The molecule has 10 nitrogen and oxygen atoms in total. The minimum absolute atomic E-state index is 0.271. The van der Waals surface area contributed by atoms with Crippen LogP contribution in [-0.2, 0) is 0 Å². The Bertz CT molecular complexity index is 7960. The van der Waals surface area contributed by atoms with Gasteiger partial charge in [0.1, 0.15) is 24.3 Å². The number of anilines is 3. The average molecular weight is 1420 g/mol. The van der Waals surface area contributed by atoms with Crippen LogP contribution in [-0.4, -0.2) is 22.8 Å². The first kappa shape index (κ1) is 63.3. The van der Waals surface area contributed by atoms with Crippen LogP contribution in [0.3, 0.4) is 0 Å².